The zero-order chi connectivity index (χ0) is 10.1. The lowest BCUT2D eigenvalue weighted by molar-refractivity contribution is -0.145. The number of carbonyl (C=O) groups excluding carboxylic acids is 1. The summed E-state index contributed by atoms with van der Waals surface area (Å²) in [6.45, 7) is 7.88. The van der Waals surface area contributed by atoms with Crippen molar-refractivity contribution >= 4 is 21.8 Å². The highest BCUT2D eigenvalue weighted by Crippen LogP contribution is 2.21. The second-order valence-electron chi connectivity index (χ2n) is 3.97. The largest absolute Gasteiger partial charge is 0.377 e. The fourth-order valence-corrected chi connectivity index (χ4v) is 1.73. The summed E-state index contributed by atoms with van der Waals surface area (Å²) < 4.78 is 5.34. The number of morpholine rings is 1. The van der Waals surface area contributed by atoms with Crippen molar-refractivity contribution in [3.63, 3.8) is 0 Å². The number of halogens is 1. The SMILES string of the molecule is CC(Br)C(=O)N1CCOCC1(C)C. The van der Waals surface area contributed by atoms with Crippen molar-refractivity contribution in [3.8, 4) is 0 Å². The van der Waals surface area contributed by atoms with Gasteiger partial charge in [0.25, 0.3) is 0 Å². The van der Waals surface area contributed by atoms with Gasteiger partial charge >= 0.3 is 0 Å². The molecule has 1 saturated heterocycles. The third-order valence-electron chi connectivity index (χ3n) is 2.25. The summed E-state index contributed by atoms with van der Waals surface area (Å²) in [6.07, 6.45) is 0. The lowest BCUT2D eigenvalue weighted by atomic mass is 10.0. The van der Waals surface area contributed by atoms with E-state index in [2.05, 4.69) is 15.9 Å². The zero-order valence-corrected chi connectivity index (χ0v) is 9.93. The smallest absolute Gasteiger partial charge is 0.236 e. The first-order valence-electron chi connectivity index (χ1n) is 4.48. The topological polar surface area (TPSA) is 29.5 Å². The van der Waals surface area contributed by atoms with Gasteiger partial charge < -0.3 is 9.64 Å². The Labute approximate surface area is 87.6 Å². The summed E-state index contributed by atoms with van der Waals surface area (Å²) in [7, 11) is 0. The molecule has 0 aliphatic carbocycles. The summed E-state index contributed by atoms with van der Waals surface area (Å²) in [5.74, 6) is 0.147. The standard InChI is InChI=1S/C9H16BrNO2/c1-7(10)8(12)11-4-5-13-6-9(11,2)3/h7H,4-6H2,1-3H3. The van der Waals surface area contributed by atoms with Crippen LogP contribution in [0.5, 0.6) is 0 Å². The van der Waals surface area contributed by atoms with Crippen molar-refractivity contribution in [1.29, 1.82) is 0 Å². The first kappa shape index (κ1) is 11.0. The Hall–Kier alpha value is -0.0900. The lowest BCUT2D eigenvalue weighted by Crippen LogP contribution is -2.57. The molecule has 1 unspecified atom stereocenters. The molecule has 0 N–H and O–H groups in total. The number of rotatable bonds is 1. The Morgan fingerprint density at radius 1 is 1.62 bits per heavy atom. The summed E-state index contributed by atoms with van der Waals surface area (Å²) in [6, 6.07) is 0. The molecule has 0 aromatic carbocycles. The van der Waals surface area contributed by atoms with Crippen LogP contribution in [0.3, 0.4) is 0 Å². The van der Waals surface area contributed by atoms with Gasteiger partial charge in [-0.05, 0) is 20.8 Å². The predicted octanol–water partition coefficient (Wildman–Crippen LogP) is 1.41. The first-order chi connectivity index (χ1) is 5.95. The molecule has 0 aromatic rings. The molecule has 0 bridgehead atoms. The molecular formula is C9H16BrNO2. The van der Waals surface area contributed by atoms with Gasteiger partial charge in [0.15, 0.2) is 0 Å². The van der Waals surface area contributed by atoms with Gasteiger partial charge in [-0.25, -0.2) is 0 Å². The van der Waals surface area contributed by atoms with E-state index < -0.39 is 0 Å². The third-order valence-corrected chi connectivity index (χ3v) is 2.64. The number of nitrogens with zero attached hydrogens (tertiary/aromatic N) is 1. The van der Waals surface area contributed by atoms with E-state index in [0.29, 0.717) is 19.8 Å². The molecule has 1 fully saturated rings. The number of alkyl halides is 1. The zero-order valence-electron chi connectivity index (χ0n) is 8.34. The van der Waals surface area contributed by atoms with Crippen LogP contribution in [-0.4, -0.2) is 40.9 Å². The van der Waals surface area contributed by atoms with Gasteiger partial charge in [0, 0.05) is 6.54 Å². The maximum atomic E-state index is 11.7. The number of hydrogen-bond donors (Lipinski definition) is 0. The minimum Gasteiger partial charge on any atom is -0.377 e. The van der Waals surface area contributed by atoms with Crippen LogP contribution in [0.4, 0.5) is 0 Å². The molecule has 1 aliphatic rings. The van der Waals surface area contributed by atoms with E-state index in [1.807, 2.05) is 25.7 Å². The summed E-state index contributed by atoms with van der Waals surface area (Å²) in [4.78, 5) is 13.5. The number of carbonyl (C=O) groups is 1. The fourth-order valence-electron chi connectivity index (χ4n) is 1.48. The molecule has 0 aromatic heterocycles. The van der Waals surface area contributed by atoms with Gasteiger partial charge in [0.1, 0.15) is 0 Å². The van der Waals surface area contributed by atoms with E-state index in [9.17, 15) is 4.79 Å². The average molecular weight is 250 g/mol. The number of ether oxygens (including phenoxy) is 1. The van der Waals surface area contributed by atoms with Gasteiger partial charge in [0.2, 0.25) is 5.91 Å². The predicted molar refractivity (Wildman–Crippen MR) is 55.0 cm³/mol. The Kier molecular flexibility index (Phi) is 3.35. The molecule has 0 saturated carbocycles. The van der Waals surface area contributed by atoms with Crippen LogP contribution < -0.4 is 0 Å². The van der Waals surface area contributed by atoms with Crippen molar-refractivity contribution in [2.24, 2.45) is 0 Å². The van der Waals surface area contributed by atoms with Gasteiger partial charge in [-0.2, -0.15) is 0 Å². The molecule has 76 valence electrons. The van der Waals surface area contributed by atoms with E-state index in [0.717, 1.165) is 0 Å². The van der Waals surface area contributed by atoms with E-state index in [4.69, 9.17) is 4.74 Å². The average Bonchev–Trinajstić information content (AvgIpc) is 2.02. The molecule has 1 atom stereocenters. The second kappa shape index (κ2) is 3.96. The lowest BCUT2D eigenvalue weighted by Gasteiger charge is -2.42. The monoisotopic (exact) mass is 249 g/mol. The van der Waals surface area contributed by atoms with Crippen molar-refractivity contribution in [2.45, 2.75) is 31.1 Å². The van der Waals surface area contributed by atoms with Crippen LogP contribution in [0.25, 0.3) is 0 Å². The second-order valence-corrected chi connectivity index (χ2v) is 5.34. The minimum absolute atomic E-state index is 0.107. The third kappa shape index (κ3) is 2.44. The summed E-state index contributed by atoms with van der Waals surface area (Å²) in [5, 5.41) is 0. The van der Waals surface area contributed by atoms with Gasteiger partial charge in [-0.1, -0.05) is 15.9 Å². The Bertz CT molecular complexity index is 204. The maximum absolute atomic E-state index is 11.7. The van der Waals surface area contributed by atoms with E-state index in [1.54, 1.807) is 0 Å². The quantitative estimate of drug-likeness (QED) is 0.658. The van der Waals surface area contributed by atoms with Crippen LogP contribution >= 0.6 is 15.9 Å². The summed E-state index contributed by atoms with van der Waals surface area (Å²) in [5.41, 5.74) is -0.169. The number of hydrogen-bond acceptors (Lipinski definition) is 2. The van der Waals surface area contributed by atoms with Gasteiger partial charge in [-0.15, -0.1) is 0 Å². The fraction of sp³-hybridized carbons (Fsp3) is 0.889. The van der Waals surface area contributed by atoms with Gasteiger partial charge in [0.05, 0.1) is 23.6 Å². The maximum Gasteiger partial charge on any atom is 0.236 e. The Balaban J connectivity index is 2.71. The van der Waals surface area contributed by atoms with Crippen molar-refractivity contribution in [3.05, 3.63) is 0 Å². The highest BCUT2D eigenvalue weighted by atomic mass is 79.9. The van der Waals surface area contributed by atoms with Crippen molar-refractivity contribution in [1.82, 2.24) is 4.90 Å². The molecule has 1 aliphatic heterocycles. The van der Waals surface area contributed by atoms with Crippen LogP contribution in [0.1, 0.15) is 20.8 Å². The van der Waals surface area contributed by atoms with Crippen LogP contribution in [0.2, 0.25) is 0 Å². The molecule has 13 heavy (non-hydrogen) atoms. The molecule has 1 amide bonds. The molecule has 1 rings (SSSR count). The van der Waals surface area contributed by atoms with Crippen LogP contribution in [0.15, 0.2) is 0 Å². The first-order valence-corrected chi connectivity index (χ1v) is 5.40. The molecule has 3 nitrogen and oxygen atoms in total. The van der Waals surface area contributed by atoms with Gasteiger partial charge in [-0.3, -0.25) is 4.79 Å². The molecular weight excluding hydrogens is 234 g/mol. The minimum atomic E-state index is -0.169. The Morgan fingerprint density at radius 2 is 2.23 bits per heavy atom. The van der Waals surface area contributed by atoms with Crippen molar-refractivity contribution < 1.29 is 9.53 Å². The van der Waals surface area contributed by atoms with Crippen LogP contribution in [0, 0.1) is 0 Å². The molecule has 4 heteroatoms. The highest BCUT2D eigenvalue weighted by Gasteiger charge is 2.35. The normalized spacial score (nSPS) is 24.2. The van der Waals surface area contributed by atoms with Crippen LogP contribution in [-0.2, 0) is 9.53 Å². The molecule has 0 spiro atoms. The van der Waals surface area contributed by atoms with E-state index in [-0.39, 0.29) is 16.3 Å². The summed E-state index contributed by atoms with van der Waals surface area (Å²) >= 11 is 3.29. The Morgan fingerprint density at radius 3 is 2.69 bits per heavy atom. The van der Waals surface area contributed by atoms with E-state index >= 15 is 0 Å². The highest BCUT2D eigenvalue weighted by molar-refractivity contribution is 9.10. The van der Waals surface area contributed by atoms with E-state index in [1.165, 1.54) is 0 Å². The molecule has 0 radical (unpaired) electrons. The number of amides is 1. The van der Waals surface area contributed by atoms with Crippen molar-refractivity contribution in [2.75, 3.05) is 19.8 Å². The molecule has 1 heterocycles.